The fourth-order valence-electron chi connectivity index (χ4n) is 1.27. The molecule has 0 fully saturated rings. The monoisotopic (exact) mass is 346 g/mol. The lowest BCUT2D eigenvalue weighted by Crippen LogP contribution is -2.31. The summed E-state index contributed by atoms with van der Waals surface area (Å²) in [5.41, 5.74) is 8.33. The number of aliphatic hydroxyl groups is 1. The maximum Gasteiger partial charge on any atom is 0.392 e. The number of hydrogen-bond donors (Lipinski definition) is 4. The first kappa shape index (κ1) is 18.8. The Labute approximate surface area is 132 Å². The lowest BCUT2D eigenvalue weighted by atomic mass is 10.3. The van der Waals surface area contributed by atoms with Gasteiger partial charge in [-0.2, -0.15) is 17.2 Å². The fourth-order valence-corrected chi connectivity index (χ4v) is 1.43. The second-order valence-electron chi connectivity index (χ2n) is 4.25. The zero-order chi connectivity index (χ0) is 17.3. The van der Waals surface area contributed by atoms with Crippen LogP contribution in [0, 0.1) is 0 Å². The normalized spacial score (nSPS) is 11.1. The summed E-state index contributed by atoms with van der Waals surface area (Å²) >= 11 is 0. The molecule has 0 amide bonds. The molecule has 0 aliphatic heterocycles. The van der Waals surface area contributed by atoms with E-state index in [2.05, 4.69) is 10.9 Å². The van der Waals surface area contributed by atoms with Crippen LogP contribution >= 0.6 is 0 Å². The van der Waals surface area contributed by atoms with E-state index in [0.29, 0.717) is 0 Å². The summed E-state index contributed by atoms with van der Waals surface area (Å²) in [6.07, 6.45) is 0. The minimum atomic E-state index is -5.44. The van der Waals surface area contributed by atoms with E-state index < -0.39 is 22.0 Å². The SMILES string of the molecule is O=S(=O)(O)C(F)(F)CO.c1ccc(NNc2ccccc2)cc1. The summed E-state index contributed by atoms with van der Waals surface area (Å²) in [5, 5.41) is 3.20. The zero-order valence-corrected chi connectivity index (χ0v) is 12.7. The van der Waals surface area contributed by atoms with E-state index in [1.54, 1.807) is 0 Å². The van der Waals surface area contributed by atoms with Crippen LogP contribution in [0.1, 0.15) is 0 Å². The van der Waals surface area contributed by atoms with Crippen molar-refractivity contribution in [1.82, 2.24) is 0 Å². The molecule has 2 aromatic carbocycles. The van der Waals surface area contributed by atoms with Crippen LogP contribution in [0.15, 0.2) is 60.7 Å². The maximum atomic E-state index is 11.6. The molecule has 0 unspecified atom stereocenters. The third-order valence-corrected chi connectivity index (χ3v) is 3.34. The molecular weight excluding hydrogens is 330 g/mol. The molecule has 0 heterocycles. The van der Waals surface area contributed by atoms with Gasteiger partial charge in [0, 0.05) is 0 Å². The van der Waals surface area contributed by atoms with Crippen molar-refractivity contribution in [3.05, 3.63) is 60.7 Å². The minimum Gasteiger partial charge on any atom is -0.389 e. The van der Waals surface area contributed by atoms with E-state index in [1.165, 1.54) is 0 Å². The van der Waals surface area contributed by atoms with E-state index >= 15 is 0 Å². The molecule has 0 atom stereocenters. The van der Waals surface area contributed by atoms with Crippen LogP contribution < -0.4 is 10.9 Å². The highest BCUT2D eigenvalue weighted by Crippen LogP contribution is 2.18. The average Bonchev–Trinajstić information content (AvgIpc) is 2.54. The fraction of sp³-hybridized carbons (Fsp3) is 0.143. The Kier molecular flexibility index (Phi) is 6.89. The third-order valence-electron chi connectivity index (χ3n) is 2.46. The van der Waals surface area contributed by atoms with Gasteiger partial charge < -0.3 is 16.0 Å². The topological polar surface area (TPSA) is 98.7 Å². The molecule has 0 saturated heterocycles. The van der Waals surface area contributed by atoms with Crippen LogP contribution in [0.2, 0.25) is 0 Å². The highest BCUT2D eigenvalue weighted by Gasteiger charge is 2.43. The van der Waals surface area contributed by atoms with Crippen LogP contribution in [0.4, 0.5) is 20.2 Å². The molecule has 4 N–H and O–H groups in total. The molecule has 0 aromatic heterocycles. The molecule has 23 heavy (non-hydrogen) atoms. The molecular formula is C14H16F2N2O4S. The predicted octanol–water partition coefficient (Wildman–Crippen LogP) is 2.58. The van der Waals surface area contributed by atoms with Crippen LogP contribution in [0.25, 0.3) is 0 Å². The van der Waals surface area contributed by atoms with Gasteiger partial charge in [0.15, 0.2) is 0 Å². The van der Waals surface area contributed by atoms with E-state index in [4.69, 9.17) is 9.66 Å². The van der Waals surface area contributed by atoms with Crippen LogP contribution in [0.5, 0.6) is 0 Å². The van der Waals surface area contributed by atoms with Gasteiger partial charge in [-0.25, -0.2) is 0 Å². The quantitative estimate of drug-likeness (QED) is 0.491. The van der Waals surface area contributed by atoms with Gasteiger partial charge in [0.25, 0.3) is 0 Å². The van der Waals surface area contributed by atoms with Crippen molar-refractivity contribution in [2.45, 2.75) is 5.25 Å². The minimum absolute atomic E-state index is 1.05. The van der Waals surface area contributed by atoms with Crippen molar-refractivity contribution in [1.29, 1.82) is 0 Å². The average molecular weight is 346 g/mol. The van der Waals surface area contributed by atoms with Crippen molar-refractivity contribution in [2.75, 3.05) is 17.5 Å². The Hall–Kier alpha value is -2.23. The molecule has 0 aliphatic rings. The Morgan fingerprint density at radius 1 is 0.870 bits per heavy atom. The van der Waals surface area contributed by atoms with Crippen molar-refractivity contribution in [3.8, 4) is 0 Å². The van der Waals surface area contributed by atoms with Crippen molar-refractivity contribution in [2.24, 2.45) is 0 Å². The molecule has 0 bridgehead atoms. The molecule has 126 valence electrons. The standard InChI is InChI=1S/C12H12N2.C2H4F2O4S/c1-3-7-11(8-4-1)13-14-12-9-5-2-6-10-12;3-2(4,1-5)9(6,7)8/h1-10,13-14H;5H,1H2,(H,6,7,8). The van der Waals surface area contributed by atoms with Gasteiger partial charge in [-0.15, -0.1) is 0 Å². The van der Waals surface area contributed by atoms with Gasteiger partial charge in [0.2, 0.25) is 0 Å². The van der Waals surface area contributed by atoms with Gasteiger partial charge in [-0.3, -0.25) is 4.55 Å². The Balaban J connectivity index is 0.000000257. The number of alkyl halides is 2. The van der Waals surface area contributed by atoms with Crippen molar-refractivity contribution >= 4 is 21.5 Å². The smallest absolute Gasteiger partial charge is 0.389 e. The van der Waals surface area contributed by atoms with Gasteiger partial charge in [0.05, 0.1) is 11.4 Å². The molecule has 0 saturated carbocycles. The molecule has 0 spiro atoms. The van der Waals surface area contributed by atoms with Crippen LogP contribution in [-0.2, 0) is 10.1 Å². The first-order valence-corrected chi connectivity index (χ1v) is 7.78. The van der Waals surface area contributed by atoms with Gasteiger partial charge in [-0.05, 0) is 24.3 Å². The zero-order valence-electron chi connectivity index (χ0n) is 11.9. The van der Waals surface area contributed by atoms with Crippen LogP contribution in [0.3, 0.4) is 0 Å². The number of benzene rings is 2. The maximum absolute atomic E-state index is 11.6. The molecule has 2 rings (SSSR count). The van der Waals surface area contributed by atoms with Gasteiger partial charge in [-0.1, -0.05) is 36.4 Å². The number of halogens is 2. The van der Waals surface area contributed by atoms with E-state index in [1.807, 2.05) is 60.7 Å². The summed E-state index contributed by atoms with van der Waals surface area (Å²) in [6.45, 7) is -1.91. The molecule has 6 nitrogen and oxygen atoms in total. The molecule has 0 radical (unpaired) electrons. The second kappa shape index (κ2) is 8.42. The van der Waals surface area contributed by atoms with Crippen molar-refractivity contribution < 1.29 is 26.9 Å². The lowest BCUT2D eigenvalue weighted by Gasteiger charge is -2.08. The second-order valence-corrected chi connectivity index (χ2v) is 5.80. The number of hydrogen-bond acceptors (Lipinski definition) is 5. The number of anilines is 2. The van der Waals surface area contributed by atoms with E-state index in [0.717, 1.165) is 11.4 Å². The molecule has 2 aromatic rings. The first-order chi connectivity index (χ1) is 10.8. The van der Waals surface area contributed by atoms with E-state index in [9.17, 15) is 17.2 Å². The summed E-state index contributed by atoms with van der Waals surface area (Å²) < 4.78 is 49.8. The number of aliphatic hydroxyl groups excluding tert-OH is 1. The highest BCUT2D eigenvalue weighted by atomic mass is 32.2. The first-order valence-electron chi connectivity index (χ1n) is 6.34. The number of nitrogens with one attached hydrogen (secondary N) is 2. The van der Waals surface area contributed by atoms with Gasteiger partial charge >= 0.3 is 15.4 Å². The summed E-state index contributed by atoms with van der Waals surface area (Å²) in [6, 6.07) is 20.0. The largest absolute Gasteiger partial charge is 0.392 e. The lowest BCUT2D eigenvalue weighted by molar-refractivity contribution is 0.0187. The number of hydrazine groups is 1. The van der Waals surface area contributed by atoms with Crippen LogP contribution in [-0.4, -0.2) is 29.9 Å². The summed E-state index contributed by atoms with van der Waals surface area (Å²) in [4.78, 5) is 0. The van der Waals surface area contributed by atoms with E-state index in [-0.39, 0.29) is 0 Å². The Morgan fingerprint density at radius 2 is 1.22 bits per heavy atom. The van der Waals surface area contributed by atoms with Gasteiger partial charge in [0.1, 0.15) is 6.61 Å². The summed E-state index contributed by atoms with van der Waals surface area (Å²) in [7, 11) is -5.44. The Morgan fingerprint density at radius 3 is 1.43 bits per heavy atom. The predicted molar refractivity (Wildman–Crippen MR) is 83.7 cm³/mol. The number of rotatable bonds is 5. The molecule has 0 aliphatic carbocycles. The van der Waals surface area contributed by atoms with Crippen molar-refractivity contribution in [3.63, 3.8) is 0 Å². The summed E-state index contributed by atoms with van der Waals surface area (Å²) in [5.74, 6) is 0. The highest BCUT2D eigenvalue weighted by molar-refractivity contribution is 7.86. The Bertz CT molecular complexity index is 643. The third kappa shape index (κ3) is 6.59. The number of para-hydroxylation sites is 2. The molecule has 9 heteroatoms.